The maximum absolute atomic E-state index is 13.3. The van der Waals surface area contributed by atoms with Crippen molar-refractivity contribution in [1.82, 2.24) is 0 Å². The van der Waals surface area contributed by atoms with Crippen molar-refractivity contribution in [3.05, 3.63) is 0 Å². The zero-order chi connectivity index (χ0) is 72.5. The number of esters is 4. The number of hydrogen-bond acceptors (Lipinski definition) is 13. The van der Waals surface area contributed by atoms with Crippen LogP contribution in [0.5, 0.6) is 0 Å². The minimum absolute atomic E-state index is 0.0297. The summed E-state index contributed by atoms with van der Waals surface area (Å²) in [6.07, 6.45) is -21.0. The number of carbonyl (C=O) groups excluding carboxylic acids is 4. The van der Waals surface area contributed by atoms with Gasteiger partial charge in [-0.2, -0.15) is 65.9 Å². The first kappa shape index (κ1) is 86.6. The molecule has 13 nitrogen and oxygen atoms in total. The first-order valence-electron chi connectivity index (χ1n) is 31.7. The molecule has 0 saturated heterocycles. The molecule has 544 valence electrons. The van der Waals surface area contributed by atoms with Gasteiger partial charge < -0.3 is 44.5 Å². The van der Waals surface area contributed by atoms with E-state index in [1.165, 1.54) is 0 Å². The van der Waals surface area contributed by atoms with Crippen molar-refractivity contribution >= 4 is 23.9 Å². The molecule has 0 aromatic heterocycles. The lowest BCUT2D eigenvalue weighted by Crippen LogP contribution is -2.57. The fourth-order valence-electron chi connectivity index (χ4n) is 10.8. The van der Waals surface area contributed by atoms with Crippen LogP contribution in [0.25, 0.3) is 0 Å². The highest BCUT2D eigenvalue weighted by atomic mass is 19.4. The van der Waals surface area contributed by atoms with Gasteiger partial charge in [-0.1, -0.05) is 47.0 Å². The maximum atomic E-state index is 13.3. The van der Waals surface area contributed by atoms with Gasteiger partial charge >= 0.3 is 54.8 Å². The second-order valence-corrected chi connectivity index (χ2v) is 29.6. The molecule has 2 bridgehead atoms. The van der Waals surface area contributed by atoms with Gasteiger partial charge in [0.05, 0.1) is 28.3 Å². The molecule has 0 radical (unpaired) electrons. The largest absolute Gasteiger partial charge is 0.465 e. The van der Waals surface area contributed by atoms with Crippen molar-refractivity contribution in [3.8, 4) is 0 Å². The third-order valence-corrected chi connectivity index (χ3v) is 20.2. The van der Waals surface area contributed by atoms with Crippen molar-refractivity contribution < 1.29 is 130 Å². The minimum atomic E-state index is -5.10. The Hall–Kier alpha value is -3.37. The number of aliphatic hydroxyl groups is 5. The van der Waals surface area contributed by atoms with Gasteiger partial charge in [-0.05, 0) is 210 Å². The van der Waals surface area contributed by atoms with Crippen LogP contribution in [0.15, 0.2) is 0 Å². The second-order valence-electron chi connectivity index (χ2n) is 29.6. The number of carbonyl (C=O) groups is 4. The van der Waals surface area contributed by atoms with Crippen LogP contribution in [0.1, 0.15) is 240 Å². The van der Waals surface area contributed by atoms with Crippen LogP contribution in [0.4, 0.5) is 65.9 Å². The van der Waals surface area contributed by atoms with E-state index in [1.54, 1.807) is 48.5 Å². The van der Waals surface area contributed by atoms with Crippen LogP contribution in [-0.2, 0) is 38.1 Å². The molecule has 28 heteroatoms. The fraction of sp³-hybridized carbons (Fsp3) is 0.938. The monoisotopic (exact) mass is 1370 g/mol. The molecule has 4 fully saturated rings. The molecule has 0 aromatic rings. The average molecular weight is 1370 g/mol. The summed E-state index contributed by atoms with van der Waals surface area (Å²) in [7, 11) is 0. The highest BCUT2D eigenvalue weighted by Crippen LogP contribution is 2.55. The molecular weight excluding hydrogens is 1260 g/mol. The van der Waals surface area contributed by atoms with Crippen LogP contribution < -0.4 is 0 Å². The molecule has 4 rings (SSSR count). The van der Waals surface area contributed by atoms with Crippen LogP contribution in [0.2, 0.25) is 0 Å². The molecule has 4 aliphatic rings. The topological polar surface area (TPSA) is 206 Å². The lowest BCUT2D eigenvalue weighted by atomic mass is 9.67. The molecule has 4 saturated carbocycles. The lowest BCUT2D eigenvalue weighted by molar-refractivity contribution is -0.299. The normalized spacial score (nSPS) is 25.8. The summed E-state index contributed by atoms with van der Waals surface area (Å²) in [5, 5.41) is 48.6. The minimum Gasteiger partial charge on any atom is -0.465 e. The van der Waals surface area contributed by atoms with Crippen molar-refractivity contribution in [2.45, 2.75) is 317 Å². The standard InChI is InChI=1S/C18H28F6O4.C17H27F3O3.C17H29F3O3.C12H21F3O3/c1-6-14(2,3)13(25)28-12-8-10(15(4,26)17(19,20)21)7-11(9-12)16(5,27)18(22,23)24;1-5-15(2,3)14(21)23-13-8-10-6-11(13)7-12(10)9-16(4,22)17(18,19)20;1-5-15(2,3)14(21)23-13(12-9-7-6-8-10-12)11-16(4,22)17(18,19)20;1-5-10(2,3)9(16)18-8-6-7-11(4,17)12(13,14)15/h10-12,26-27H,6-9H2,1-5H3;10-13,22H,5-9H2,1-4H3;12-13,22H,5-11H2,1-4H3;17H,5-8H2,1-4H3. The molecule has 0 spiro atoms. The van der Waals surface area contributed by atoms with Crippen molar-refractivity contribution in [3.63, 3.8) is 0 Å². The van der Waals surface area contributed by atoms with Crippen molar-refractivity contribution in [2.75, 3.05) is 6.61 Å². The molecule has 0 amide bonds. The highest BCUT2D eigenvalue weighted by molar-refractivity contribution is 5.77. The summed E-state index contributed by atoms with van der Waals surface area (Å²) in [6.45, 7) is 24.1. The number of fused-ring (bicyclic) bond motifs is 2. The summed E-state index contributed by atoms with van der Waals surface area (Å²) >= 11 is 0. The van der Waals surface area contributed by atoms with Gasteiger partial charge in [0, 0.05) is 18.3 Å². The lowest BCUT2D eigenvalue weighted by Gasteiger charge is -2.46. The number of alkyl halides is 15. The zero-order valence-corrected chi connectivity index (χ0v) is 56.5. The van der Waals surface area contributed by atoms with Gasteiger partial charge in [-0.25, -0.2) is 0 Å². The smallest absolute Gasteiger partial charge is 0.417 e. The van der Waals surface area contributed by atoms with Crippen LogP contribution >= 0.6 is 0 Å². The van der Waals surface area contributed by atoms with Gasteiger partial charge in [-0.3, -0.25) is 19.2 Å². The Kier molecular flexibility index (Phi) is 30.0. The molecule has 4 aliphatic carbocycles. The molecular formula is C64H105F15O13. The van der Waals surface area contributed by atoms with Crippen molar-refractivity contribution in [2.24, 2.45) is 57.2 Å². The Morgan fingerprint density at radius 3 is 1.20 bits per heavy atom. The summed E-state index contributed by atoms with van der Waals surface area (Å²) in [5.41, 5.74) is -17.7. The molecule has 0 aromatic carbocycles. The van der Waals surface area contributed by atoms with Crippen LogP contribution in [0, 0.1) is 57.2 Å². The summed E-state index contributed by atoms with van der Waals surface area (Å²) in [4.78, 5) is 48.2. The maximum Gasteiger partial charge on any atom is 0.417 e. The van der Waals surface area contributed by atoms with E-state index in [1.807, 2.05) is 34.6 Å². The average Bonchev–Trinajstić information content (AvgIpc) is 1.13. The molecule has 0 heterocycles. The Labute approximate surface area is 532 Å². The number of hydrogen-bond donors (Lipinski definition) is 5. The first-order valence-corrected chi connectivity index (χ1v) is 31.7. The number of rotatable bonds is 22. The van der Waals surface area contributed by atoms with Gasteiger partial charge in [0.1, 0.15) is 18.3 Å². The van der Waals surface area contributed by atoms with E-state index < -0.39 is 155 Å². The summed E-state index contributed by atoms with van der Waals surface area (Å²) < 4.78 is 215. The van der Waals surface area contributed by atoms with E-state index in [2.05, 4.69) is 0 Å². The summed E-state index contributed by atoms with van der Waals surface area (Å²) in [5.74, 6) is -5.29. The van der Waals surface area contributed by atoms with E-state index in [4.69, 9.17) is 24.1 Å². The molecule has 12 unspecified atom stereocenters. The Morgan fingerprint density at radius 1 is 0.435 bits per heavy atom. The number of ether oxygens (including phenoxy) is 4. The third-order valence-electron chi connectivity index (χ3n) is 20.2. The Morgan fingerprint density at radius 2 is 0.826 bits per heavy atom. The van der Waals surface area contributed by atoms with Crippen LogP contribution in [-0.4, -0.2) is 133 Å². The molecule has 92 heavy (non-hydrogen) atoms. The number of halogens is 15. The van der Waals surface area contributed by atoms with E-state index in [-0.39, 0.29) is 55.2 Å². The SMILES string of the molecule is CCC(C)(C)C(=O)OC(CC(C)(O)C(F)(F)F)C1CCCCC1.CCC(C)(C)C(=O)OC1CC(C(C)(O)C(F)(F)F)CC(C(C)(O)C(F)(F)F)C1.CCC(C)(C)C(=O)OC1CC2CC1CC2CC(C)(O)C(F)(F)F.CCC(C)(C)C(=O)OCCCC(C)(O)C(F)(F)F. The van der Waals surface area contributed by atoms with Gasteiger partial charge in [0.2, 0.25) is 0 Å². The van der Waals surface area contributed by atoms with E-state index in [0.717, 1.165) is 52.4 Å². The first-order chi connectivity index (χ1) is 41.0. The van der Waals surface area contributed by atoms with E-state index in [0.29, 0.717) is 59.3 Å². The quantitative estimate of drug-likeness (QED) is 0.0296. The molecule has 5 N–H and O–H groups in total. The van der Waals surface area contributed by atoms with Crippen LogP contribution in [0.3, 0.4) is 0 Å². The molecule has 12 atom stereocenters. The third kappa shape index (κ3) is 23.7. The van der Waals surface area contributed by atoms with Gasteiger partial charge in [0.25, 0.3) is 0 Å². The van der Waals surface area contributed by atoms with Gasteiger partial charge in [-0.15, -0.1) is 0 Å². The van der Waals surface area contributed by atoms with E-state index in [9.17, 15) is 105 Å². The zero-order valence-electron chi connectivity index (χ0n) is 56.5. The van der Waals surface area contributed by atoms with Crippen molar-refractivity contribution in [1.29, 1.82) is 0 Å². The Bertz CT molecular complexity index is 2300. The highest BCUT2D eigenvalue weighted by Gasteiger charge is 2.63. The van der Waals surface area contributed by atoms with E-state index >= 15 is 0 Å². The fourth-order valence-corrected chi connectivity index (χ4v) is 10.8. The predicted octanol–water partition coefficient (Wildman–Crippen LogP) is 16.1. The predicted molar refractivity (Wildman–Crippen MR) is 310 cm³/mol. The molecule has 0 aliphatic heterocycles. The Balaban J connectivity index is 0.000000620. The second kappa shape index (κ2) is 31.9. The van der Waals surface area contributed by atoms with Gasteiger partial charge in [0.15, 0.2) is 28.0 Å². The summed E-state index contributed by atoms with van der Waals surface area (Å²) in [6, 6.07) is 0.